The average Bonchev–Trinajstić information content (AvgIpc) is 2.42. The highest BCUT2D eigenvalue weighted by Crippen LogP contribution is 2.93. The molecule has 0 aromatic heterocycles. The molecule has 6 aliphatic carbocycles. The summed E-state index contributed by atoms with van der Waals surface area (Å²) in [6.45, 7) is 0. The Labute approximate surface area is 86.2 Å². The smallest absolute Gasteiger partial charge is 0.317 e. The molecular weight excluding hydrogens is 192 g/mol. The minimum Gasteiger partial charge on any atom is -0.393 e. The SMILES string of the molecule is O=C1OC(=O)[C@H]2C3[C@H]4C5C6[C@@H]4C([C@@H]6[C@@H]53)[C@H]12. The third-order valence-electron chi connectivity index (χ3n) is 6.85. The van der Waals surface area contributed by atoms with Gasteiger partial charge in [0.05, 0.1) is 11.8 Å². The number of esters is 2. The molecule has 0 aromatic carbocycles. The first-order valence-electron chi connectivity index (χ1n) is 6.06. The standard InChI is InChI=1S/C12H10O3/c13-11-9-7-3-1-2-5(3)8(6(2)4(1)7)10(9)12(14)15-11/h1-10H/t1?,2?,3-,4-,5-,6+,7?,8?,9-,10-/m0/s1. The van der Waals surface area contributed by atoms with E-state index >= 15 is 0 Å². The minimum absolute atomic E-state index is 0.0116. The number of rotatable bonds is 0. The second kappa shape index (κ2) is 1.48. The van der Waals surface area contributed by atoms with Gasteiger partial charge in [0.1, 0.15) is 0 Å². The Morgan fingerprint density at radius 2 is 0.933 bits per heavy atom. The molecule has 4 unspecified atom stereocenters. The molecule has 6 saturated carbocycles. The van der Waals surface area contributed by atoms with Gasteiger partial charge in [-0.1, -0.05) is 0 Å². The van der Waals surface area contributed by atoms with Crippen LogP contribution in [0, 0.1) is 59.2 Å². The first-order valence-corrected chi connectivity index (χ1v) is 6.06. The second-order valence-corrected chi connectivity index (χ2v) is 6.41. The quantitative estimate of drug-likeness (QED) is 0.419. The number of cyclic esters (lactones) is 2. The molecule has 0 radical (unpaired) electrons. The van der Waals surface area contributed by atoms with Gasteiger partial charge in [0.2, 0.25) is 0 Å². The van der Waals surface area contributed by atoms with Crippen molar-refractivity contribution in [2.45, 2.75) is 0 Å². The summed E-state index contributed by atoms with van der Waals surface area (Å²) in [6.07, 6.45) is 0. The lowest BCUT2D eigenvalue weighted by atomic mass is 9.09. The van der Waals surface area contributed by atoms with Gasteiger partial charge >= 0.3 is 11.9 Å². The fourth-order valence-electron chi connectivity index (χ4n) is 6.83. The van der Waals surface area contributed by atoms with Crippen molar-refractivity contribution in [2.75, 3.05) is 0 Å². The van der Waals surface area contributed by atoms with Gasteiger partial charge in [-0.15, -0.1) is 0 Å². The zero-order valence-corrected chi connectivity index (χ0v) is 8.00. The van der Waals surface area contributed by atoms with E-state index in [0.29, 0.717) is 11.8 Å². The van der Waals surface area contributed by atoms with E-state index in [1.54, 1.807) is 0 Å². The van der Waals surface area contributed by atoms with Gasteiger partial charge in [-0.2, -0.15) is 0 Å². The van der Waals surface area contributed by atoms with Crippen LogP contribution in [0.3, 0.4) is 0 Å². The summed E-state index contributed by atoms with van der Waals surface area (Å²) >= 11 is 0. The minimum atomic E-state index is -0.189. The van der Waals surface area contributed by atoms with E-state index in [2.05, 4.69) is 0 Å². The highest BCUT2D eigenvalue weighted by atomic mass is 16.6. The fraction of sp³-hybridized carbons (Fsp3) is 0.833. The third-order valence-corrected chi connectivity index (χ3v) is 6.85. The Bertz CT molecular complexity index is 407. The van der Waals surface area contributed by atoms with Crippen LogP contribution in [0.25, 0.3) is 0 Å². The molecule has 7 rings (SSSR count). The van der Waals surface area contributed by atoms with Crippen LogP contribution < -0.4 is 0 Å². The van der Waals surface area contributed by atoms with Crippen molar-refractivity contribution in [1.29, 1.82) is 0 Å². The number of hydrogen-bond donors (Lipinski definition) is 0. The lowest BCUT2D eigenvalue weighted by Crippen LogP contribution is -2.92. The van der Waals surface area contributed by atoms with Crippen molar-refractivity contribution in [3.8, 4) is 0 Å². The van der Waals surface area contributed by atoms with Crippen LogP contribution in [0.1, 0.15) is 0 Å². The molecule has 3 nitrogen and oxygen atoms in total. The molecule has 2 bridgehead atoms. The molecule has 1 heterocycles. The van der Waals surface area contributed by atoms with Gasteiger partial charge in [0.15, 0.2) is 0 Å². The average molecular weight is 202 g/mol. The molecule has 1 saturated heterocycles. The van der Waals surface area contributed by atoms with Gasteiger partial charge in [0.25, 0.3) is 0 Å². The first kappa shape index (κ1) is 6.66. The summed E-state index contributed by atoms with van der Waals surface area (Å²) in [5.41, 5.74) is 0. The molecule has 15 heavy (non-hydrogen) atoms. The Kier molecular flexibility index (Phi) is 0.659. The van der Waals surface area contributed by atoms with Crippen LogP contribution in [-0.2, 0) is 14.3 Å². The van der Waals surface area contributed by atoms with Crippen LogP contribution in [0.2, 0.25) is 0 Å². The normalized spacial score (nSPS) is 78.1. The third kappa shape index (κ3) is 0.362. The summed E-state index contributed by atoms with van der Waals surface area (Å²) in [5, 5.41) is 0. The Morgan fingerprint density at radius 3 is 1.33 bits per heavy atom. The number of carbonyl (C=O) groups is 2. The van der Waals surface area contributed by atoms with Crippen LogP contribution in [0.15, 0.2) is 0 Å². The second-order valence-electron chi connectivity index (χ2n) is 6.41. The van der Waals surface area contributed by atoms with Gasteiger partial charge in [-0.05, 0) is 47.3 Å². The largest absolute Gasteiger partial charge is 0.393 e. The molecule has 0 spiro atoms. The number of carbonyl (C=O) groups excluding carboxylic acids is 2. The Balaban J connectivity index is 1.60. The van der Waals surface area contributed by atoms with E-state index in [1.165, 1.54) is 0 Å². The maximum Gasteiger partial charge on any atom is 0.317 e. The Hall–Kier alpha value is -0.860. The molecular formula is C12H10O3. The summed E-state index contributed by atoms with van der Waals surface area (Å²) in [6, 6.07) is 0. The molecule has 7 fully saturated rings. The van der Waals surface area contributed by atoms with Crippen LogP contribution in [-0.4, -0.2) is 11.9 Å². The summed E-state index contributed by atoms with van der Waals surface area (Å²) in [4.78, 5) is 23.3. The van der Waals surface area contributed by atoms with Gasteiger partial charge < -0.3 is 4.74 Å². The maximum atomic E-state index is 11.7. The van der Waals surface area contributed by atoms with Crippen molar-refractivity contribution in [1.82, 2.24) is 0 Å². The van der Waals surface area contributed by atoms with Crippen molar-refractivity contribution in [3.63, 3.8) is 0 Å². The van der Waals surface area contributed by atoms with Crippen molar-refractivity contribution in [2.24, 2.45) is 59.2 Å². The van der Waals surface area contributed by atoms with E-state index in [9.17, 15) is 9.59 Å². The lowest BCUT2D eigenvalue weighted by molar-refractivity contribution is -0.475. The molecule has 0 amide bonds. The van der Waals surface area contributed by atoms with E-state index in [1.807, 2.05) is 0 Å². The zero-order valence-electron chi connectivity index (χ0n) is 8.00. The predicted octanol–water partition coefficient (Wildman–Crippen LogP) is 0.300. The van der Waals surface area contributed by atoms with Crippen molar-refractivity contribution in [3.05, 3.63) is 0 Å². The van der Waals surface area contributed by atoms with E-state index in [-0.39, 0.29) is 23.8 Å². The monoisotopic (exact) mass is 202 g/mol. The van der Waals surface area contributed by atoms with Crippen LogP contribution >= 0.6 is 0 Å². The molecule has 1 aliphatic heterocycles. The summed E-state index contributed by atoms with van der Waals surface area (Å²) < 4.78 is 4.86. The Morgan fingerprint density at radius 1 is 0.600 bits per heavy atom. The zero-order chi connectivity index (χ0) is 9.64. The molecule has 7 aliphatic rings. The number of hydrogen-bond acceptors (Lipinski definition) is 3. The number of ether oxygens (including phenoxy) is 1. The highest BCUT2D eigenvalue weighted by molar-refractivity contribution is 5.98. The molecule has 0 aromatic rings. The van der Waals surface area contributed by atoms with Crippen molar-refractivity contribution < 1.29 is 14.3 Å². The molecule has 10 atom stereocenters. The summed E-state index contributed by atoms with van der Waals surface area (Å²) in [7, 11) is 0. The van der Waals surface area contributed by atoms with Gasteiger partial charge in [-0.25, -0.2) is 0 Å². The van der Waals surface area contributed by atoms with Crippen molar-refractivity contribution >= 4 is 11.9 Å². The van der Waals surface area contributed by atoms with E-state index in [4.69, 9.17) is 4.74 Å². The predicted molar refractivity (Wildman–Crippen MR) is 46.0 cm³/mol. The molecule has 3 heteroatoms. The topological polar surface area (TPSA) is 43.4 Å². The van der Waals surface area contributed by atoms with Crippen LogP contribution in [0.5, 0.6) is 0 Å². The fourth-order valence-corrected chi connectivity index (χ4v) is 6.83. The molecule has 0 N–H and O–H groups in total. The van der Waals surface area contributed by atoms with Gasteiger partial charge in [-0.3, -0.25) is 9.59 Å². The van der Waals surface area contributed by atoms with E-state index < -0.39 is 0 Å². The summed E-state index contributed by atoms with van der Waals surface area (Å²) in [5.74, 6) is 5.99. The lowest BCUT2D eigenvalue weighted by Gasteiger charge is -2.94. The van der Waals surface area contributed by atoms with Crippen LogP contribution in [0.4, 0.5) is 0 Å². The maximum absolute atomic E-state index is 11.7. The highest BCUT2D eigenvalue weighted by Gasteiger charge is 2.93. The molecule has 76 valence electrons. The van der Waals surface area contributed by atoms with Gasteiger partial charge in [0, 0.05) is 0 Å². The first-order chi connectivity index (χ1) is 7.30. The van der Waals surface area contributed by atoms with E-state index in [0.717, 1.165) is 35.5 Å².